The van der Waals surface area contributed by atoms with Crippen molar-refractivity contribution in [3.8, 4) is 0 Å². The summed E-state index contributed by atoms with van der Waals surface area (Å²) in [4.78, 5) is 5.96. The number of aromatic amines is 1. The lowest BCUT2D eigenvalue weighted by atomic mass is 10.0. The van der Waals surface area contributed by atoms with Crippen molar-refractivity contribution in [3.05, 3.63) is 35.5 Å². The number of para-hydroxylation sites is 1. The minimum Gasteiger partial charge on any atom is -0.358 e. The molecule has 3 rings (SSSR count). The number of hydrogen-bond acceptors (Lipinski definition) is 2. The lowest BCUT2D eigenvalue weighted by Crippen LogP contribution is -2.36. The van der Waals surface area contributed by atoms with Gasteiger partial charge in [-0.2, -0.15) is 0 Å². The van der Waals surface area contributed by atoms with Crippen molar-refractivity contribution < 1.29 is 0 Å². The highest BCUT2D eigenvalue weighted by Crippen LogP contribution is 2.27. The van der Waals surface area contributed by atoms with E-state index in [9.17, 15) is 0 Å². The lowest BCUT2D eigenvalue weighted by molar-refractivity contribution is 0.216. The van der Waals surface area contributed by atoms with E-state index < -0.39 is 0 Å². The summed E-state index contributed by atoms with van der Waals surface area (Å²) < 4.78 is 0. The zero-order chi connectivity index (χ0) is 13.2. The normalized spacial score (nSPS) is 18.8. The Morgan fingerprint density at radius 3 is 2.74 bits per heavy atom. The molecule has 1 atom stereocenters. The van der Waals surface area contributed by atoms with Gasteiger partial charge in [-0.1, -0.05) is 24.6 Å². The Balaban J connectivity index is 1.84. The van der Waals surface area contributed by atoms with Crippen molar-refractivity contribution in [3.63, 3.8) is 0 Å². The van der Waals surface area contributed by atoms with Crippen LogP contribution in [0.1, 0.15) is 36.6 Å². The molecule has 0 amide bonds. The van der Waals surface area contributed by atoms with Crippen LogP contribution < -0.4 is 5.73 Å². The summed E-state index contributed by atoms with van der Waals surface area (Å²) >= 11 is 0. The van der Waals surface area contributed by atoms with E-state index in [1.165, 1.54) is 54.5 Å². The van der Waals surface area contributed by atoms with Crippen LogP contribution >= 0.6 is 0 Å². The Morgan fingerprint density at radius 1 is 1.21 bits per heavy atom. The molecule has 0 saturated carbocycles. The number of nitrogens with two attached hydrogens (primary N) is 1. The Bertz CT molecular complexity index is 552. The Morgan fingerprint density at radius 2 is 1.95 bits per heavy atom. The van der Waals surface area contributed by atoms with E-state index in [-0.39, 0.29) is 6.04 Å². The smallest absolute Gasteiger partial charge is 0.0459 e. The van der Waals surface area contributed by atoms with E-state index in [4.69, 9.17) is 5.73 Å². The zero-order valence-electron chi connectivity index (χ0n) is 11.7. The van der Waals surface area contributed by atoms with E-state index in [0.717, 1.165) is 6.54 Å². The molecule has 0 spiro atoms. The summed E-state index contributed by atoms with van der Waals surface area (Å²) in [6, 6.07) is 8.56. The number of likely N-dealkylation sites (tertiary alicyclic amines) is 1. The molecule has 102 valence electrons. The molecule has 1 aliphatic rings. The minimum absolute atomic E-state index is 0.106. The van der Waals surface area contributed by atoms with Gasteiger partial charge in [0, 0.05) is 29.2 Å². The predicted octanol–water partition coefficient (Wildman–Crippen LogP) is 2.96. The second-order valence-corrected chi connectivity index (χ2v) is 5.68. The van der Waals surface area contributed by atoms with E-state index in [1.54, 1.807) is 0 Å². The number of H-pyrrole nitrogens is 1. The average molecular weight is 257 g/mol. The third kappa shape index (κ3) is 2.53. The molecule has 3 heteroatoms. The molecule has 1 aromatic heterocycles. The van der Waals surface area contributed by atoms with Crippen LogP contribution in [0.15, 0.2) is 24.3 Å². The van der Waals surface area contributed by atoms with Crippen molar-refractivity contribution in [1.82, 2.24) is 9.88 Å². The Hall–Kier alpha value is -1.32. The van der Waals surface area contributed by atoms with Crippen LogP contribution in [-0.4, -0.2) is 29.5 Å². The minimum atomic E-state index is 0.106. The van der Waals surface area contributed by atoms with Gasteiger partial charge in [0.05, 0.1) is 0 Å². The lowest BCUT2D eigenvalue weighted by Gasteiger charge is -2.29. The molecule has 3 N–H and O–H groups in total. The van der Waals surface area contributed by atoms with Gasteiger partial charge in [-0.15, -0.1) is 0 Å². The average Bonchev–Trinajstić information content (AvgIpc) is 2.75. The highest BCUT2D eigenvalue weighted by Gasteiger charge is 2.19. The van der Waals surface area contributed by atoms with E-state index >= 15 is 0 Å². The number of nitrogens with zero attached hydrogens (tertiary/aromatic N) is 1. The predicted molar refractivity (Wildman–Crippen MR) is 80.3 cm³/mol. The topological polar surface area (TPSA) is 45.1 Å². The van der Waals surface area contributed by atoms with Crippen LogP contribution in [0, 0.1) is 6.92 Å². The molecule has 0 radical (unpaired) electrons. The molecule has 0 aliphatic carbocycles. The third-order valence-electron chi connectivity index (χ3n) is 4.22. The molecule has 1 unspecified atom stereocenters. The van der Waals surface area contributed by atoms with Crippen molar-refractivity contribution >= 4 is 10.9 Å². The number of benzene rings is 1. The fourth-order valence-corrected chi connectivity index (χ4v) is 3.29. The highest BCUT2D eigenvalue weighted by atomic mass is 15.1. The van der Waals surface area contributed by atoms with Gasteiger partial charge in [0.1, 0.15) is 0 Å². The summed E-state index contributed by atoms with van der Waals surface area (Å²) in [5.74, 6) is 0. The number of fused-ring (bicyclic) bond motifs is 1. The maximum Gasteiger partial charge on any atom is 0.0459 e. The maximum absolute atomic E-state index is 6.48. The second-order valence-electron chi connectivity index (χ2n) is 5.68. The number of aryl methyl sites for hydroxylation is 1. The van der Waals surface area contributed by atoms with Gasteiger partial charge in [-0.05, 0) is 44.5 Å². The summed E-state index contributed by atoms with van der Waals surface area (Å²) in [6.07, 6.45) is 4.01. The molecule has 2 aromatic rings. The standard InChI is InChI=1S/C16H23N3/c1-12-16(13-7-3-4-8-15(13)18-12)14(17)11-19-9-5-2-6-10-19/h3-4,7-8,14,18H,2,5-6,9-11,17H2,1H3. The summed E-state index contributed by atoms with van der Waals surface area (Å²) in [5, 5.41) is 1.28. The third-order valence-corrected chi connectivity index (χ3v) is 4.22. The Labute approximate surface area is 114 Å². The second kappa shape index (κ2) is 5.35. The van der Waals surface area contributed by atoms with Crippen LogP contribution in [0.4, 0.5) is 0 Å². The van der Waals surface area contributed by atoms with Gasteiger partial charge in [0.15, 0.2) is 0 Å². The number of rotatable bonds is 3. The first-order valence-corrected chi connectivity index (χ1v) is 7.31. The molecule has 3 nitrogen and oxygen atoms in total. The van der Waals surface area contributed by atoms with Gasteiger partial charge < -0.3 is 15.6 Å². The van der Waals surface area contributed by atoms with E-state index in [2.05, 4.69) is 41.1 Å². The molecule has 1 saturated heterocycles. The van der Waals surface area contributed by atoms with Gasteiger partial charge in [0.2, 0.25) is 0 Å². The summed E-state index contributed by atoms with van der Waals surface area (Å²) in [5.41, 5.74) is 10.2. The van der Waals surface area contributed by atoms with Crippen LogP contribution in [-0.2, 0) is 0 Å². The van der Waals surface area contributed by atoms with Crippen LogP contribution in [0.3, 0.4) is 0 Å². The summed E-state index contributed by atoms with van der Waals surface area (Å²) in [7, 11) is 0. The number of hydrogen-bond donors (Lipinski definition) is 2. The summed E-state index contributed by atoms with van der Waals surface area (Å²) in [6.45, 7) is 5.51. The highest BCUT2D eigenvalue weighted by molar-refractivity contribution is 5.85. The van der Waals surface area contributed by atoms with Gasteiger partial charge in [0.25, 0.3) is 0 Å². The number of aromatic nitrogens is 1. The molecule has 1 fully saturated rings. The molecular formula is C16H23N3. The van der Waals surface area contributed by atoms with Crippen molar-refractivity contribution in [2.75, 3.05) is 19.6 Å². The van der Waals surface area contributed by atoms with E-state index in [1.807, 2.05) is 0 Å². The fraction of sp³-hybridized carbons (Fsp3) is 0.500. The quantitative estimate of drug-likeness (QED) is 0.888. The molecular weight excluding hydrogens is 234 g/mol. The molecule has 2 heterocycles. The van der Waals surface area contributed by atoms with Crippen molar-refractivity contribution in [1.29, 1.82) is 0 Å². The first-order chi connectivity index (χ1) is 9.25. The monoisotopic (exact) mass is 257 g/mol. The Kier molecular flexibility index (Phi) is 3.58. The van der Waals surface area contributed by atoms with Gasteiger partial charge >= 0.3 is 0 Å². The fourth-order valence-electron chi connectivity index (χ4n) is 3.29. The maximum atomic E-state index is 6.48. The van der Waals surface area contributed by atoms with Gasteiger partial charge in [-0.25, -0.2) is 0 Å². The van der Waals surface area contributed by atoms with Crippen LogP contribution in [0.5, 0.6) is 0 Å². The molecule has 1 aromatic carbocycles. The van der Waals surface area contributed by atoms with Crippen molar-refractivity contribution in [2.24, 2.45) is 5.73 Å². The number of piperidine rings is 1. The van der Waals surface area contributed by atoms with Gasteiger partial charge in [-0.3, -0.25) is 0 Å². The first kappa shape index (κ1) is 12.7. The molecule has 19 heavy (non-hydrogen) atoms. The van der Waals surface area contributed by atoms with Crippen LogP contribution in [0.25, 0.3) is 10.9 Å². The number of nitrogens with one attached hydrogen (secondary N) is 1. The SMILES string of the molecule is Cc1[nH]c2ccccc2c1C(N)CN1CCCCC1. The molecule has 1 aliphatic heterocycles. The van der Waals surface area contributed by atoms with E-state index in [0.29, 0.717) is 0 Å². The van der Waals surface area contributed by atoms with Crippen LogP contribution in [0.2, 0.25) is 0 Å². The molecule has 0 bridgehead atoms. The largest absolute Gasteiger partial charge is 0.358 e. The van der Waals surface area contributed by atoms with Crippen molar-refractivity contribution in [2.45, 2.75) is 32.2 Å². The first-order valence-electron chi connectivity index (χ1n) is 7.31. The zero-order valence-corrected chi connectivity index (χ0v) is 11.7.